The Bertz CT molecular complexity index is 554. The lowest BCUT2D eigenvalue weighted by Crippen LogP contribution is -2.27. The van der Waals surface area contributed by atoms with Gasteiger partial charge in [0.1, 0.15) is 0 Å². The summed E-state index contributed by atoms with van der Waals surface area (Å²) in [5, 5.41) is 4.89. The van der Waals surface area contributed by atoms with Crippen LogP contribution >= 0.6 is 11.3 Å². The van der Waals surface area contributed by atoms with Crippen molar-refractivity contribution in [3.8, 4) is 0 Å². The average Bonchev–Trinajstić information content (AvgIpc) is 2.91. The summed E-state index contributed by atoms with van der Waals surface area (Å²) < 4.78 is 0. The lowest BCUT2D eigenvalue weighted by atomic mass is 10.2. The fourth-order valence-corrected chi connectivity index (χ4v) is 2.42. The van der Waals surface area contributed by atoms with Crippen LogP contribution in [0.3, 0.4) is 0 Å². The molecule has 2 heterocycles. The number of nitrogens with two attached hydrogens (primary N) is 1. The molecule has 0 atom stereocenters. The first-order valence-corrected chi connectivity index (χ1v) is 6.82. The van der Waals surface area contributed by atoms with Crippen LogP contribution < -0.4 is 16.6 Å². The second-order valence-corrected chi connectivity index (χ2v) is 5.13. The summed E-state index contributed by atoms with van der Waals surface area (Å²) in [5.74, 6) is 5.24. The van der Waals surface area contributed by atoms with E-state index in [4.69, 9.17) is 5.84 Å². The maximum Gasteiger partial charge on any atom is 0.255 e. The Hall–Kier alpha value is -1.92. The van der Waals surface area contributed by atoms with Crippen LogP contribution in [-0.4, -0.2) is 17.4 Å². The molecule has 0 radical (unpaired) electrons. The molecular formula is C13H16N4OS. The van der Waals surface area contributed by atoms with E-state index in [-0.39, 0.29) is 5.91 Å². The van der Waals surface area contributed by atoms with E-state index in [1.54, 1.807) is 17.4 Å². The number of aryl methyl sites for hydroxylation is 1. The lowest BCUT2D eigenvalue weighted by Gasteiger charge is -2.09. The number of hydrogen-bond donors (Lipinski definition) is 3. The summed E-state index contributed by atoms with van der Waals surface area (Å²) >= 11 is 1.68. The second-order valence-electron chi connectivity index (χ2n) is 4.10. The number of nitrogens with zero attached hydrogens (tertiary/aromatic N) is 1. The van der Waals surface area contributed by atoms with E-state index in [1.807, 2.05) is 18.4 Å². The second kappa shape index (κ2) is 6.31. The zero-order chi connectivity index (χ0) is 13.7. The van der Waals surface area contributed by atoms with Gasteiger partial charge >= 0.3 is 0 Å². The molecule has 0 spiro atoms. The van der Waals surface area contributed by atoms with Gasteiger partial charge in [0.05, 0.1) is 11.3 Å². The fourth-order valence-electron chi connectivity index (χ4n) is 1.71. The number of rotatable bonds is 5. The first-order valence-electron chi connectivity index (χ1n) is 5.94. The quantitative estimate of drug-likeness (QED) is 0.573. The third kappa shape index (κ3) is 3.52. The molecule has 4 N–H and O–H groups in total. The van der Waals surface area contributed by atoms with Gasteiger partial charge in [-0.05, 0) is 30.9 Å². The number of aromatic nitrogens is 1. The van der Waals surface area contributed by atoms with E-state index in [0.717, 1.165) is 12.1 Å². The summed E-state index contributed by atoms with van der Waals surface area (Å²) in [7, 11) is 0. The minimum atomic E-state index is -0.169. The van der Waals surface area contributed by atoms with Crippen molar-refractivity contribution in [2.24, 2.45) is 5.84 Å². The van der Waals surface area contributed by atoms with Crippen LogP contribution in [0, 0.1) is 6.92 Å². The maximum atomic E-state index is 12.0. The molecule has 0 aliphatic rings. The highest BCUT2D eigenvalue weighted by molar-refractivity contribution is 7.09. The van der Waals surface area contributed by atoms with Crippen LogP contribution in [0.5, 0.6) is 0 Å². The summed E-state index contributed by atoms with van der Waals surface area (Å²) in [5.41, 5.74) is 4.37. The average molecular weight is 276 g/mol. The smallest absolute Gasteiger partial charge is 0.255 e. The Kier molecular flexibility index (Phi) is 4.48. The van der Waals surface area contributed by atoms with Crippen molar-refractivity contribution in [1.29, 1.82) is 0 Å². The highest BCUT2D eigenvalue weighted by Crippen LogP contribution is 2.14. The molecule has 0 unspecified atom stereocenters. The van der Waals surface area contributed by atoms with Crippen LogP contribution in [0.4, 0.5) is 5.69 Å². The maximum absolute atomic E-state index is 12.0. The van der Waals surface area contributed by atoms with Gasteiger partial charge in [-0.25, -0.2) is 0 Å². The van der Waals surface area contributed by atoms with Gasteiger partial charge in [0.15, 0.2) is 0 Å². The lowest BCUT2D eigenvalue weighted by molar-refractivity contribution is 0.0954. The molecule has 0 fully saturated rings. The Morgan fingerprint density at radius 2 is 2.37 bits per heavy atom. The number of pyridine rings is 1. The molecule has 0 saturated heterocycles. The molecule has 2 aromatic rings. The van der Waals surface area contributed by atoms with Crippen molar-refractivity contribution in [3.63, 3.8) is 0 Å². The summed E-state index contributed by atoms with van der Waals surface area (Å²) in [6.07, 6.45) is 2.36. The zero-order valence-electron chi connectivity index (χ0n) is 10.6. The van der Waals surface area contributed by atoms with Crippen molar-refractivity contribution >= 4 is 22.9 Å². The van der Waals surface area contributed by atoms with Crippen molar-refractivity contribution in [2.45, 2.75) is 13.3 Å². The molecule has 0 aliphatic carbocycles. The number of hydrazine groups is 1. The van der Waals surface area contributed by atoms with Crippen LogP contribution in [-0.2, 0) is 6.42 Å². The third-order valence-corrected chi connectivity index (χ3v) is 3.61. The zero-order valence-corrected chi connectivity index (χ0v) is 11.5. The number of anilines is 1. The van der Waals surface area contributed by atoms with E-state index in [2.05, 4.69) is 21.8 Å². The molecular weight excluding hydrogens is 260 g/mol. The monoisotopic (exact) mass is 276 g/mol. The topological polar surface area (TPSA) is 80.0 Å². The van der Waals surface area contributed by atoms with Gasteiger partial charge in [-0.3, -0.25) is 15.6 Å². The molecule has 5 nitrogen and oxygen atoms in total. The first kappa shape index (κ1) is 13.5. The molecule has 19 heavy (non-hydrogen) atoms. The standard InChI is InChI=1S/C13H16N4OS/c1-9-7-12(17-14)11(8-16-9)13(18)15-5-4-10-3-2-6-19-10/h2-3,6-8H,4-5,14H2,1H3,(H,15,18)(H,16,17). The highest BCUT2D eigenvalue weighted by Gasteiger charge is 2.11. The van der Waals surface area contributed by atoms with Crippen LogP contribution in [0.1, 0.15) is 20.9 Å². The normalized spacial score (nSPS) is 10.2. The van der Waals surface area contributed by atoms with Crippen molar-refractivity contribution in [1.82, 2.24) is 10.3 Å². The SMILES string of the molecule is Cc1cc(NN)c(C(=O)NCCc2cccs2)cn1. The Morgan fingerprint density at radius 3 is 3.05 bits per heavy atom. The molecule has 0 aromatic carbocycles. The van der Waals surface area contributed by atoms with Crippen LogP contribution in [0.15, 0.2) is 29.8 Å². The molecule has 0 aliphatic heterocycles. The number of nitrogens with one attached hydrogen (secondary N) is 2. The van der Waals surface area contributed by atoms with E-state index in [1.165, 1.54) is 11.1 Å². The van der Waals surface area contributed by atoms with Gasteiger partial charge < -0.3 is 10.7 Å². The molecule has 100 valence electrons. The van der Waals surface area contributed by atoms with Gasteiger partial charge in [-0.1, -0.05) is 6.07 Å². The summed E-state index contributed by atoms with van der Waals surface area (Å²) in [4.78, 5) is 17.4. The van der Waals surface area contributed by atoms with Crippen LogP contribution in [0.25, 0.3) is 0 Å². The van der Waals surface area contributed by atoms with E-state index >= 15 is 0 Å². The minimum absolute atomic E-state index is 0.169. The van der Waals surface area contributed by atoms with Crippen molar-refractivity contribution in [3.05, 3.63) is 45.9 Å². The predicted octanol–water partition coefficient (Wildman–Crippen LogP) is 1.71. The molecule has 0 saturated carbocycles. The minimum Gasteiger partial charge on any atom is -0.352 e. The van der Waals surface area contributed by atoms with E-state index in [9.17, 15) is 4.79 Å². The van der Waals surface area contributed by atoms with Gasteiger partial charge in [-0.2, -0.15) is 0 Å². The Morgan fingerprint density at radius 1 is 1.53 bits per heavy atom. The van der Waals surface area contributed by atoms with Crippen molar-refractivity contribution < 1.29 is 4.79 Å². The first-order chi connectivity index (χ1) is 9.20. The van der Waals surface area contributed by atoms with Gasteiger partial charge in [0.2, 0.25) is 0 Å². The fraction of sp³-hybridized carbons (Fsp3) is 0.231. The Labute approximate surface area is 115 Å². The number of amides is 1. The Balaban J connectivity index is 1.96. The van der Waals surface area contributed by atoms with Crippen molar-refractivity contribution in [2.75, 3.05) is 12.0 Å². The van der Waals surface area contributed by atoms with Crippen LogP contribution in [0.2, 0.25) is 0 Å². The third-order valence-electron chi connectivity index (χ3n) is 2.68. The number of hydrogen-bond acceptors (Lipinski definition) is 5. The molecule has 1 amide bonds. The largest absolute Gasteiger partial charge is 0.352 e. The predicted molar refractivity (Wildman–Crippen MR) is 77.1 cm³/mol. The van der Waals surface area contributed by atoms with Gasteiger partial charge in [0, 0.05) is 23.3 Å². The molecule has 2 rings (SSSR count). The number of nitrogen functional groups attached to an aromatic ring is 1. The van der Waals surface area contributed by atoms with E-state index < -0.39 is 0 Å². The summed E-state index contributed by atoms with van der Waals surface area (Å²) in [6.45, 7) is 2.44. The number of carbonyl (C=O) groups is 1. The number of carbonyl (C=O) groups excluding carboxylic acids is 1. The highest BCUT2D eigenvalue weighted by atomic mass is 32.1. The summed E-state index contributed by atoms with van der Waals surface area (Å²) in [6, 6.07) is 5.80. The van der Waals surface area contributed by atoms with Gasteiger partial charge in [0.25, 0.3) is 5.91 Å². The molecule has 6 heteroatoms. The molecule has 2 aromatic heterocycles. The number of thiophene rings is 1. The van der Waals surface area contributed by atoms with Gasteiger partial charge in [-0.15, -0.1) is 11.3 Å². The molecule has 0 bridgehead atoms. The van der Waals surface area contributed by atoms with E-state index in [0.29, 0.717) is 17.8 Å².